The average Bonchev–Trinajstić information content (AvgIpc) is 3.28. The SMILES string of the molecule is Cn1cc(-c2ccc(O)c(N3CC(=O)NS3(=O)=O)c2F)cc1CCC1CC1. The number of phenols is 1. The molecule has 2 heterocycles. The summed E-state index contributed by atoms with van der Waals surface area (Å²) in [5.74, 6) is -1.41. The van der Waals surface area contributed by atoms with Crippen LogP contribution in [0.5, 0.6) is 5.75 Å². The van der Waals surface area contributed by atoms with E-state index in [1.165, 1.54) is 25.0 Å². The Morgan fingerprint density at radius 2 is 2.07 bits per heavy atom. The molecule has 144 valence electrons. The first-order chi connectivity index (χ1) is 12.8. The first-order valence-corrected chi connectivity index (χ1v) is 10.2. The third-order valence-electron chi connectivity index (χ3n) is 5.09. The van der Waals surface area contributed by atoms with Crippen molar-refractivity contribution in [1.82, 2.24) is 9.29 Å². The molecule has 1 aromatic carbocycles. The zero-order valence-corrected chi connectivity index (χ0v) is 15.6. The molecule has 0 radical (unpaired) electrons. The van der Waals surface area contributed by atoms with Crippen LogP contribution in [-0.2, 0) is 28.5 Å². The van der Waals surface area contributed by atoms with Crippen LogP contribution in [0.1, 0.15) is 25.0 Å². The molecule has 1 aromatic heterocycles. The van der Waals surface area contributed by atoms with Gasteiger partial charge in [-0.15, -0.1) is 0 Å². The fourth-order valence-electron chi connectivity index (χ4n) is 3.42. The Balaban J connectivity index is 1.72. The van der Waals surface area contributed by atoms with Crippen LogP contribution in [0, 0.1) is 11.7 Å². The number of nitrogens with one attached hydrogen (secondary N) is 1. The topological polar surface area (TPSA) is 91.6 Å². The van der Waals surface area contributed by atoms with Gasteiger partial charge in [0.1, 0.15) is 18.0 Å². The Kier molecular flexibility index (Phi) is 4.14. The highest BCUT2D eigenvalue weighted by Gasteiger charge is 2.38. The zero-order chi connectivity index (χ0) is 19.3. The number of rotatable bonds is 5. The second-order valence-electron chi connectivity index (χ2n) is 7.14. The number of anilines is 1. The second-order valence-corrected chi connectivity index (χ2v) is 8.74. The third-order valence-corrected chi connectivity index (χ3v) is 6.47. The molecule has 2 aliphatic rings. The Hall–Kier alpha value is -2.55. The lowest BCUT2D eigenvalue weighted by Crippen LogP contribution is -2.30. The summed E-state index contributed by atoms with van der Waals surface area (Å²) in [6, 6.07) is 4.53. The Labute approximate surface area is 156 Å². The van der Waals surface area contributed by atoms with Gasteiger partial charge in [0.15, 0.2) is 5.82 Å². The summed E-state index contributed by atoms with van der Waals surface area (Å²) in [6.45, 7) is -0.572. The molecular formula is C18H20FN3O4S. The van der Waals surface area contributed by atoms with Crippen LogP contribution in [-0.4, -0.2) is 30.5 Å². The predicted octanol–water partition coefficient (Wildman–Crippen LogP) is 2.06. The van der Waals surface area contributed by atoms with Gasteiger partial charge in [-0.1, -0.05) is 12.8 Å². The van der Waals surface area contributed by atoms with Crippen molar-refractivity contribution in [2.45, 2.75) is 25.7 Å². The highest BCUT2D eigenvalue weighted by molar-refractivity contribution is 7.92. The number of phenolic OH excluding ortho intramolecular Hbond substituents is 1. The Morgan fingerprint density at radius 3 is 2.70 bits per heavy atom. The van der Waals surface area contributed by atoms with Crippen LogP contribution in [0.25, 0.3) is 11.1 Å². The van der Waals surface area contributed by atoms with Gasteiger partial charge in [-0.3, -0.25) is 4.79 Å². The van der Waals surface area contributed by atoms with Crippen LogP contribution in [0.3, 0.4) is 0 Å². The molecule has 4 rings (SSSR count). The van der Waals surface area contributed by atoms with E-state index in [4.69, 9.17) is 0 Å². The molecule has 0 unspecified atom stereocenters. The zero-order valence-electron chi connectivity index (χ0n) is 14.8. The molecule has 0 spiro atoms. The first-order valence-electron chi connectivity index (χ1n) is 8.76. The van der Waals surface area contributed by atoms with Crippen molar-refractivity contribution in [2.24, 2.45) is 13.0 Å². The van der Waals surface area contributed by atoms with Gasteiger partial charge in [0.05, 0.1) is 0 Å². The lowest BCUT2D eigenvalue weighted by Gasteiger charge is -2.18. The van der Waals surface area contributed by atoms with Gasteiger partial charge in [-0.25, -0.2) is 13.4 Å². The second kappa shape index (κ2) is 6.26. The van der Waals surface area contributed by atoms with E-state index in [2.05, 4.69) is 0 Å². The standard InChI is InChI=1S/C18H20FN3O4S/c1-21-9-12(8-13(21)5-4-11-2-3-11)14-6-7-15(23)18(17(14)19)22-10-16(24)20-27(22,25)26/h6-9,11,23H,2-5,10H2,1H3,(H,20,24). The van der Waals surface area contributed by atoms with E-state index < -0.39 is 39.9 Å². The number of aromatic hydroxyl groups is 1. The van der Waals surface area contributed by atoms with Crippen molar-refractivity contribution in [3.63, 3.8) is 0 Å². The number of hydrogen-bond acceptors (Lipinski definition) is 4. The number of benzene rings is 1. The molecule has 2 aromatic rings. The molecule has 1 aliphatic carbocycles. The summed E-state index contributed by atoms with van der Waals surface area (Å²) < 4.78 is 43.6. The molecule has 0 atom stereocenters. The Bertz CT molecular complexity index is 1030. The normalized spacial score (nSPS) is 18.7. The molecular weight excluding hydrogens is 373 g/mol. The van der Waals surface area contributed by atoms with Gasteiger partial charge in [-0.05, 0) is 37.0 Å². The molecule has 2 N–H and O–H groups in total. The number of halogens is 1. The van der Waals surface area contributed by atoms with Crippen LogP contribution in [0.2, 0.25) is 0 Å². The molecule has 0 bridgehead atoms. The summed E-state index contributed by atoms with van der Waals surface area (Å²) in [5.41, 5.74) is 1.31. The average molecular weight is 393 g/mol. The molecule has 1 amide bonds. The molecule has 1 saturated heterocycles. The minimum Gasteiger partial charge on any atom is -0.506 e. The minimum absolute atomic E-state index is 0.172. The number of hydrogen-bond donors (Lipinski definition) is 2. The molecule has 1 aliphatic heterocycles. The van der Waals surface area contributed by atoms with Gasteiger partial charge >= 0.3 is 10.2 Å². The number of amides is 1. The summed E-state index contributed by atoms with van der Waals surface area (Å²) in [7, 11) is -2.33. The van der Waals surface area contributed by atoms with Crippen molar-refractivity contribution < 1.29 is 22.7 Å². The van der Waals surface area contributed by atoms with Gasteiger partial charge in [0, 0.05) is 30.1 Å². The largest absolute Gasteiger partial charge is 0.506 e. The quantitative estimate of drug-likeness (QED) is 0.813. The van der Waals surface area contributed by atoms with Crippen molar-refractivity contribution in [3.8, 4) is 16.9 Å². The highest BCUT2D eigenvalue weighted by Crippen LogP contribution is 2.39. The summed E-state index contributed by atoms with van der Waals surface area (Å²) in [4.78, 5) is 11.5. The smallest absolute Gasteiger partial charge is 0.326 e. The maximum absolute atomic E-state index is 15.2. The highest BCUT2D eigenvalue weighted by atomic mass is 32.2. The molecule has 9 heteroatoms. The summed E-state index contributed by atoms with van der Waals surface area (Å²) in [5, 5.41) is 10.1. The van der Waals surface area contributed by atoms with Gasteiger partial charge in [0.25, 0.3) is 5.91 Å². The lowest BCUT2D eigenvalue weighted by atomic mass is 10.1. The van der Waals surface area contributed by atoms with Crippen molar-refractivity contribution in [1.29, 1.82) is 0 Å². The summed E-state index contributed by atoms with van der Waals surface area (Å²) >= 11 is 0. The van der Waals surface area contributed by atoms with E-state index in [-0.39, 0.29) is 5.56 Å². The molecule has 7 nitrogen and oxygen atoms in total. The van der Waals surface area contributed by atoms with E-state index in [0.717, 1.165) is 24.5 Å². The minimum atomic E-state index is -4.22. The number of carbonyl (C=O) groups excluding carboxylic acids is 1. The van der Waals surface area contributed by atoms with Gasteiger partial charge in [0.2, 0.25) is 0 Å². The number of aryl methyl sites for hydroxylation is 2. The first kappa shape index (κ1) is 17.8. The van der Waals surface area contributed by atoms with Crippen LogP contribution in [0.15, 0.2) is 24.4 Å². The van der Waals surface area contributed by atoms with Crippen LogP contribution < -0.4 is 9.03 Å². The third kappa shape index (κ3) is 3.27. The Morgan fingerprint density at radius 1 is 1.33 bits per heavy atom. The van der Waals surface area contributed by atoms with Gasteiger partial charge in [-0.2, -0.15) is 8.42 Å². The van der Waals surface area contributed by atoms with Crippen molar-refractivity contribution in [2.75, 3.05) is 10.8 Å². The number of aromatic nitrogens is 1. The number of nitrogens with zero attached hydrogens (tertiary/aromatic N) is 2. The lowest BCUT2D eigenvalue weighted by molar-refractivity contribution is -0.117. The van der Waals surface area contributed by atoms with Crippen molar-refractivity contribution in [3.05, 3.63) is 35.9 Å². The van der Waals surface area contributed by atoms with E-state index in [1.54, 1.807) is 10.9 Å². The monoisotopic (exact) mass is 393 g/mol. The van der Waals surface area contributed by atoms with Crippen LogP contribution >= 0.6 is 0 Å². The maximum Gasteiger partial charge on any atom is 0.326 e. The van der Waals surface area contributed by atoms with E-state index in [0.29, 0.717) is 9.87 Å². The van der Waals surface area contributed by atoms with E-state index >= 15 is 4.39 Å². The predicted molar refractivity (Wildman–Crippen MR) is 97.9 cm³/mol. The molecule has 2 fully saturated rings. The van der Waals surface area contributed by atoms with Crippen LogP contribution in [0.4, 0.5) is 10.1 Å². The molecule has 27 heavy (non-hydrogen) atoms. The van der Waals surface area contributed by atoms with E-state index in [1.807, 2.05) is 17.7 Å². The van der Waals surface area contributed by atoms with Crippen molar-refractivity contribution >= 4 is 21.8 Å². The summed E-state index contributed by atoms with van der Waals surface area (Å²) in [6.07, 6.45) is 6.31. The molecule has 1 saturated carbocycles. The fraction of sp³-hybridized carbons (Fsp3) is 0.389. The fourth-order valence-corrected chi connectivity index (χ4v) is 4.59. The maximum atomic E-state index is 15.2. The number of carbonyl (C=O) groups is 1. The van der Waals surface area contributed by atoms with E-state index in [9.17, 15) is 18.3 Å². The van der Waals surface area contributed by atoms with Gasteiger partial charge < -0.3 is 9.67 Å².